The van der Waals surface area contributed by atoms with Gasteiger partial charge in [-0.1, -0.05) is 13.8 Å². The molecule has 0 aliphatic heterocycles. The summed E-state index contributed by atoms with van der Waals surface area (Å²) < 4.78 is 26.2. The molecule has 0 aliphatic carbocycles. The van der Waals surface area contributed by atoms with Crippen molar-refractivity contribution in [2.45, 2.75) is 20.3 Å². The topological polar surface area (TPSA) is 55.1 Å². The average molecular weight is 242 g/mol. The van der Waals surface area contributed by atoms with Crippen LogP contribution in [0.1, 0.15) is 30.6 Å². The molecule has 17 heavy (non-hydrogen) atoms. The monoisotopic (exact) mass is 242 g/mol. The zero-order valence-electron chi connectivity index (χ0n) is 9.89. The fourth-order valence-electron chi connectivity index (χ4n) is 1.29. The van der Waals surface area contributed by atoms with Crippen molar-refractivity contribution < 1.29 is 13.6 Å². The lowest BCUT2D eigenvalue weighted by Crippen LogP contribution is -2.25. The second-order valence-electron chi connectivity index (χ2n) is 4.29. The van der Waals surface area contributed by atoms with Crippen LogP contribution in [-0.4, -0.2) is 12.5 Å². The standard InChI is InChI=1S/C12H16F2N2O/c1-7(2)3-4-16-12(17)8-5-9(13)11(15)10(14)6-8/h5-7H,3-4,15H2,1-2H3,(H,16,17). The lowest BCUT2D eigenvalue weighted by atomic mass is 10.1. The molecule has 3 N–H and O–H groups in total. The first-order chi connectivity index (χ1) is 7.91. The van der Waals surface area contributed by atoms with Crippen LogP contribution in [0.3, 0.4) is 0 Å². The maximum absolute atomic E-state index is 13.1. The van der Waals surface area contributed by atoms with Gasteiger partial charge >= 0.3 is 0 Å². The largest absolute Gasteiger partial charge is 0.394 e. The summed E-state index contributed by atoms with van der Waals surface area (Å²) in [6.45, 7) is 4.52. The average Bonchev–Trinajstić information content (AvgIpc) is 2.24. The Bertz CT molecular complexity index is 396. The van der Waals surface area contributed by atoms with Crippen LogP contribution in [0.4, 0.5) is 14.5 Å². The zero-order chi connectivity index (χ0) is 13.0. The summed E-state index contributed by atoms with van der Waals surface area (Å²) in [7, 11) is 0. The highest BCUT2D eigenvalue weighted by Gasteiger charge is 2.12. The number of nitrogen functional groups attached to an aromatic ring is 1. The summed E-state index contributed by atoms with van der Waals surface area (Å²) in [6.07, 6.45) is 0.811. The molecule has 0 unspecified atom stereocenters. The minimum absolute atomic E-state index is 0.0574. The van der Waals surface area contributed by atoms with Crippen LogP contribution in [0.5, 0.6) is 0 Å². The van der Waals surface area contributed by atoms with E-state index >= 15 is 0 Å². The zero-order valence-corrected chi connectivity index (χ0v) is 9.89. The van der Waals surface area contributed by atoms with E-state index in [-0.39, 0.29) is 5.56 Å². The first-order valence-corrected chi connectivity index (χ1v) is 5.44. The number of carbonyl (C=O) groups excluding carboxylic acids is 1. The maximum atomic E-state index is 13.1. The molecule has 5 heteroatoms. The van der Waals surface area contributed by atoms with Crippen molar-refractivity contribution in [3.05, 3.63) is 29.3 Å². The molecule has 1 aromatic rings. The van der Waals surface area contributed by atoms with E-state index in [9.17, 15) is 13.6 Å². The van der Waals surface area contributed by atoms with Crippen LogP contribution in [0.2, 0.25) is 0 Å². The Hall–Kier alpha value is -1.65. The van der Waals surface area contributed by atoms with Gasteiger partial charge in [-0.15, -0.1) is 0 Å². The molecule has 0 saturated heterocycles. The number of nitrogens with one attached hydrogen (secondary N) is 1. The van der Waals surface area contributed by atoms with Gasteiger partial charge < -0.3 is 11.1 Å². The number of hydrogen-bond acceptors (Lipinski definition) is 2. The highest BCUT2D eigenvalue weighted by molar-refractivity contribution is 5.94. The summed E-state index contributed by atoms with van der Waals surface area (Å²) in [5.41, 5.74) is 4.49. The molecule has 1 aromatic carbocycles. The number of amides is 1. The molecule has 0 spiro atoms. The lowest BCUT2D eigenvalue weighted by Gasteiger charge is -2.08. The van der Waals surface area contributed by atoms with Crippen LogP contribution in [0.25, 0.3) is 0 Å². The predicted molar refractivity (Wildman–Crippen MR) is 62.6 cm³/mol. The second kappa shape index (κ2) is 5.61. The van der Waals surface area contributed by atoms with Gasteiger partial charge in [0.15, 0.2) is 0 Å². The van der Waals surface area contributed by atoms with Crippen molar-refractivity contribution in [2.75, 3.05) is 12.3 Å². The molecule has 3 nitrogen and oxygen atoms in total. The van der Waals surface area contributed by atoms with Crippen LogP contribution in [0, 0.1) is 17.6 Å². The SMILES string of the molecule is CC(C)CCNC(=O)c1cc(F)c(N)c(F)c1. The molecule has 1 rings (SSSR count). The Morgan fingerprint density at radius 2 is 1.88 bits per heavy atom. The van der Waals surface area contributed by atoms with Gasteiger partial charge in [0.2, 0.25) is 0 Å². The van der Waals surface area contributed by atoms with E-state index in [2.05, 4.69) is 5.32 Å². The van der Waals surface area contributed by atoms with E-state index in [1.165, 1.54) is 0 Å². The van der Waals surface area contributed by atoms with Crippen LogP contribution in [-0.2, 0) is 0 Å². The fraction of sp³-hybridized carbons (Fsp3) is 0.417. The molecule has 1 amide bonds. The minimum atomic E-state index is -0.918. The van der Waals surface area contributed by atoms with Gasteiger partial charge in [-0.05, 0) is 24.5 Å². The van der Waals surface area contributed by atoms with E-state index in [0.717, 1.165) is 18.6 Å². The predicted octanol–water partition coefficient (Wildman–Crippen LogP) is 2.32. The summed E-state index contributed by atoms with van der Waals surface area (Å²) in [5, 5.41) is 2.59. The third-order valence-electron chi connectivity index (χ3n) is 2.35. The van der Waals surface area contributed by atoms with E-state index in [4.69, 9.17) is 5.73 Å². The van der Waals surface area contributed by atoms with Gasteiger partial charge in [0.05, 0.1) is 0 Å². The van der Waals surface area contributed by atoms with Crippen molar-refractivity contribution in [3.8, 4) is 0 Å². The Balaban J connectivity index is 2.70. The van der Waals surface area contributed by atoms with Gasteiger partial charge in [0.1, 0.15) is 17.3 Å². The third kappa shape index (κ3) is 3.69. The molecular formula is C12H16F2N2O. The number of carbonyl (C=O) groups is 1. The lowest BCUT2D eigenvalue weighted by molar-refractivity contribution is 0.0951. The van der Waals surface area contributed by atoms with E-state index in [1.54, 1.807) is 0 Å². The number of benzene rings is 1. The molecule has 0 fully saturated rings. The summed E-state index contributed by atoms with van der Waals surface area (Å²) in [5.74, 6) is -1.88. The minimum Gasteiger partial charge on any atom is -0.394 e. The Kier molecular flexibility index (Phi) is 4.43. The van der Waals surface area contributed by atoms with E-state index < -0.39 is 23.2 Å². The van der Waals surface area contributed by atoms with Gasteiger partial charge in [0.25, 0.3) is 5.91 Å². The van der Waals surface area contributed by atoms with Crippen molar-refractivity contribution >= 4 is 11.6 Å². The normalized spacial score (nSPS) is 10.6. The molecule has 0 radical (unpaired) electrons. The number of hydrogen-bond donors (Lipinski definition) is 2. The summed E-state index contributed by atoms with van der Waals surface area (Å²) in [4.78, 5) is 11.6. The van der Waals surface area contributed by atoms with E-state index in [0.29, 0.717) is 12.5 Å². The van der Waals surface area contributed by atoms with Crippen molar-refractivity contribution in [1.82, 2.24) is 5.32 Å². The maximum Gasteiger partial charge on any atom is 0.251 e. The van der Waals surface area contributed by atoms with Gasteiger partial charge in [0, 0.05) is 12.1 Å². The first kappa shape index (κ1) is 13.4. The molecule has 0 aromatic heterocycles. The van der Waals surface area contributed by atoms with E-state index in [1.807, 2.05) is 13.8 Å². The van der Waals surface area contributed by atoms with Crippen molar-refractivity contribution in [1.29, 1.82) is 0 Å². The number of halogens is 2. The molecule has 94 valence electrons. The Morgan fingerprint density at radius 3 is 2.35 bits per heavy atom. The van der Waals surface area contributed by atoms with Crippen LogP contribution >= 0.6 is 0 Å². The highest BCUT2D eigenvalue weighted by atomic mass is 19.1. The third-order valence-corrected chi connectivity index (χ3v) is 2.35. The quantitative estimate of drug-likeness (QED) is 0.796. The number of nitrogens with two attached hydrogens (primary N) is 1. The van der Waals surface area contributed by atoms with Crippen LogP contribution < -0.4 is 11.1 Å². The Labute approximate surface area is 99.0 Å². The molecule has 0 aliphatic rings. The van der Waals surface area contributed by atoms with Gasteiger partial charge in [-0.25, -0.2) is 8.78 Å². The van der Waals surface area contributed by atoms with Crippen LogP contribution in [0.15, 0.2) is 12.1 Å². The molecule has 0 bridgehead atoms. The number of rotatable bonds is 4. The highest BCUT2D eigenvalue weighted by Crippen LogP contribution is 2.17. The molecule has 0 saturated carbocycles. The number of anilines is 1. The molecule has 0 heterocycles. The Morgan fingerprint density at radius 1 is 1.35 bits per heavy atom. The summed E-state index contributed by atoms with van der Waals surface area (Å²) >= 11 is 0. The summed E-state index contributed by atoms with van der Waals surface area (Å²) in [6, 6.07) is 1.87. The first-order valence-electron chi connectivity index (χ1n) is 5.44. The van der Waals surface area contributed by atoms with Crippen molar-refractivity contribution in [3.63, 3.8) is 0 Å². The fourth-order valence-corrected chi connectivity index (χ4v) is 1.29. The van der Waals surface area contributed by atoms with Gasteiger partial charge in [-0.2, -0.15) is 0 Å². The second-order valence-corrected chi connectivity index (χ2v) is 4.29. The molecule has 0 atom stereocenters. The van der Waals surface area contributed by atoms with Crippen molar-refractivity contribution in [2.24, 2.45) is 5.92 Å². The van der Waals surface area contributed by atoms with Gasteiger partial charge in [-0.3, -0.25) is 4.79 Å². The smallest absolute Gasteiger partial charge is 0.251 e. The molecular weight excluding hydrogens is 226 g/mol.